The second kappa shape index (κ2) is 6.02. The summed E-state index contributed by atoms with van der Waals surface area (Å²) in [7, 11) is 0. The Bertz CT molecular complexity index is 543. The lowest BCUT2D eigenvalue weighted by Gasteiger charge is -2.04. The number of carboxylic acid groups (broad SMARTS) is 1. The molecule has 0 spiro atoms. The largest absolute Gasteiger partial charge is 0.488 e. The number of rotatable bonds is 5. The predicted molar refractivity (Wildman–Crippen MR) is 71.8 cm³/mol. The monoisotopic (exact) mass is 260 g/mol. The van der Waals surface area contributed by atoms with E-state index in [1.54, 1.807) is 17.4 Å². The molecule has 0 bridgehead atoms. The van der Waals surface area contributed by atoms with Gasteiger partial charge >= 0.3 is 5.97 Å². The summed E-state index contributed by atoms with van der Waals surface area (Å²) >= 11 is 1.55. The summed E-state index contributed by atoms with van der Waals surface area (Å²) in [5.74, 6) is -0.143. The fourth-order valence-electron chi connectivity index (χ4n) is 1.44. The van der Waals surface area contributed by atoms with Crippen molar-refractivity contribution in [1.29, 1.82) is 0 Å². The fraction of sp³-hybridized carbons (Fsp3) is 0.0714. The van der Waals surface area contributed by atoms with Crippen molar-refractivity contribution in [3.8, 4) is 5.75 Å². The summed E-state index contributed by atoms with van der Waals surface area (Å²) in [6.07, 6.45) is 2.72. The zero-order chi connectivity index (χ0) is 12.8. The van der Waals surface area contributed by atoms with Crippen LogP contribution in [0.2, 0.25) is 0 Å². The lowest BCUT2D eigenvalue weighted by molar-refractivity contribution is -0.131. The molecule has 1 aromatic heterocycles. The molecule has 0 aliphatic heterocycles. The van der Waals surface area contributed by atoms with Crippen LogP contribution in [0.5, 0.6) is 5.75 Å². The van der Waals surface area contributed by atoms with Gasteiger partial charge in [0.15, 0.2) is 0 Å². The van der Waals surface area contributed by atoms with E-state index in [4.69, 9.17) is 9.84 Å². The Hall–Kier alpha value is -2.07. The third kappa shape index (κ3) is 3.46. The zero-order valence-corrected chi connectivity index (χ0v) is 10.4. The molecule has 4 heteroatoms. The molecule has 0 atom stereocenters. The highest BCUT2D eigenvalue weighted by molar-refractivity contribution is 7.10. The molecule has 0 radical (unpaired) electrons. The molecule has 0 aliphatic rings. The SMILES string of the molecule is O=C(O)C=Cc1ccsc1COc1ccccc1. The standard InChI is InChI=1S/C14H12O3S/c15-14(16)7-6-11-8-9-18-13(11)10-17-12-4-2-1-3-5-12/h1-9H,10H2,(H,15,16). The minimum atomic E-state index is -0.948. The third-order valence-corrected chi connectivity index (χ3v) is 3.21. The van der Waals surface area contributed by atoms with Crippen LogP contribution in [0.1, 0.15) is 10.4 Å². The first kappa shape index (κ1) is 12.4. The van der Waals surface area contributed by atoms with Crippen LogP contribution in [0.15, 0.2) is 47.9 Å². The van der Waals surface area contributed by atoms with Crippen LogP contribution in [0.25, 0.3) is 6.08 Å². The first-order chi connectivity index (χ1) is 8.75. The Kier molecular flexibility index (Phi) is 4.15. The Morgan fingerprint density at radius 1 is 1.28 bits per heavy atom. The van der Waals surface area contributed by atoms with E-state index in [1.165, 1.54) is 0 Å². The number of hydrogen-bond donors (Lipinski definition) is 1. The molecule has 0 amide bonds. The quantitative estimate of drug-likeness (QED) is 0.838. The minimum absolute atomic E-state index is 0.445. The average Bonchev–Trinajstić information content (AvgIpc) is 2.82. The van der Waals surface area contributed by atoms with E-state index < -0.39 is 5.97 Å². The van der Waals surface area contributed by atoms with E-state index in [1.807, 2.05) is 41.8 Å². The maximum absolute atomic E-state index is 10.5. The van der Waals surface area contributed by atoms with Gasteiger partial charge in [0, 0.05) is 11.0 Å². The van der Waals surface area contributed by atoms with Crippen molar-refractivity contribution in [2.24, 2.45) is 0 Å². The number of hydrogen-bond acceptors (Lipinski definition) is 3. The van der Waals surface area contributed by atoms with Crippen LogP contribution in [0.4, 0.5) is 0 Å². The summed E-state index contributed by atoms with van der Waals surface area (Å²) in [5, 5.41) is 10.5. The summed E-state index contributed by atoms with van der Waals surface area (Å²) in [5.41, 5.74) is 0.887. The van der Waals surface area contributed by atoms with Crippen LogP contribution in [-0.4, -0.2) is 11.1 Å². The molecule has 2 aromatic rings. The number of benzene rings is 1. The molecule has 18 heavy (non-hydrogen) atoms. The highest BCUT2D eigenvalue weighted by atomic mass is 32.1. The van der Waals surface area contributed by atoms with Gasteiger partial charge in [-0.15, -0.1) is 11.3 Å². The average molecular weight is 260 g/mol. The van der Waals surface area contributed by atoms with Crippen LogP contribution in [0, 0.1) is 0 Å². The van der Waals surface area contributed by atoms with Crippen LogP contribution in [-0.2, 0) is 11.4 Å². The maximum atomic E-state index is 10.5. The topological polar surface area (TPSA) is 46.5 Å². The Morgan fingerprint density at radius 2 is 2.06 bits per heavy atom. The van der Waals surface area contributed by atoms with Gasteiger partial charge in [0.05, 0.1) is 0 Å². The molecule has 2 rings (SSSR count). The molecule has 92 valence electrons. The molecular formula is C14H12O3S. The molecule has 3 nitrogen and oxygen atoms in total. The molecule has 1 heterocycles. The molecule has 0 aliphatic carbocycles. The lowest BCUT2D eigenvalue weighted by atomic mass is 10.2. The van der Waals surface area contributed by atoms with Gasteiger partial charge in [-0.25, -0.2) is 4.79 Å². The van der Waals surface area contributed by atoms with Crippen molar-refractivity contribution in [1.82, 2.24) is 0 Å². The van der Waals surface area contributed by atoms with Crippen molar-refractivity contribution in [3.05, 3.63) is 58.3 Å². The lowest BCUT2D eigenvalue weighted by Crippen LogP contribution is -1.94. The van der Waals surface area contributed by atoms with E-state index in [-0.39, 0.29) is 0 Å². The van der Waals surface area contributed by atoms with Gasteiger partial charge in [0.1, 0.15) is 12.4 Å². The van der Waals surface area contributed by atoms with Crippen molar-refractivity contribution < 1.29 is 14.6 Å². The number of carboxylic acids is 1. The minimum Gasteiger partial charge on any atom is -0.488 e. The molecule has 0 saturated heterocycles. The van der Waals surface area contributed by atoms with Crippen molar-refractivity contribution in [2.75, 3.05) is 0 Å². The highest BCUT2D eigenvalue weighted by Gasteiger charge is 2.03. The predicted octanol–water partition coefficient (Wildman–Crippen LogP) is 3.42. The van der Waals surface area contributed by atoms with Crippen molar-refractivity contribution >= 4 is 23.4 Å². The molecule has 1 aromatic carbocycles. The molecule has 0 fully saturated rings. The van der Waals surface area contributed by atoms with E-state index in [9.17, 15) is 4.79 Å². The summed E-state index contributed by atoms with van der Waals surface area (Å²) in [4.78, 5) is 11.5. The number of thiophene rings is 1. The van der Waals surface area contributed by atoms with Gasteiger partial charge in [0.2, 0.25) is 0 Å². The van der Waals surface area contributed by atoms with Gasteiger partial charge < -0.3 is 9.84 Å². The first-order valence-corrected chi connectivity index (χ1v) is 6.29. The fourth-order valence-corrected chi connectivity index (χ4v) is 2.22. The maximum Gasteiger partial charge on any atom is 0.328 e. The highest BCUT2D eigenvalue weighted by Crippen LogP contribution is 2.21. The molecule has 0 unspecified atom stereocenters. The molecule has 0 saturated carbocycles. The molecular weight excluding hydrogens is 248 g/mol. The third-order valence-electron chi connectivity index (χ3n) is 2.30. The summed E-state index contributed by atoms with van der Waals surface area (Å²) < 4.78 is 5.63. The van der Waals surface area contributed by atoms with Gasteiger partial charge in [-0.05, 0) is 35.2 Å². The summed E-state index contributed by atoms with van der Waals surface area (Å²) in [6, 6.07) is 11.4. The summed E-state index contributed by atoms with van der Waals surface area (Å²) in [6.45, 7) is 0.445. The van der Waals surface area contributed by atoms with Gasteiger partial charge in [-0.1, -0.05) is 18.2 Å². The van der Waals surface area contributed by atoms with Gasteiger partial charge in [-0.2, -0.15) is 0 Å². The first-order valence-electron chi connectivity index (χ1n) is 5.41. The van der Waals surface area contributed by atoms with Crippen LogP contribution in [0.3, 0.4) is 0 Å². The van der Waals surface area contributed by atoms with E-state index in [0.717, 1.165) is 22.3 Å². The zero-order valence-electron chi connectivity index (χ0n) is 9.58. The van der Waals surface area contributed by atoms with E-state index in [2.05, 4.69) is 0 Å². The number of para-hydroxylation sites is 1. The normalized spacial score (nSPS) is 10.7. The Balaban J connectivity index is 2.02. The molecule has 1 N–H and O–H groups in total. The van der Waals surface area contributed by atoms with Gasteiger partial charge in [0.25, 0.3) is 0 Å². The van der Waals surface area contributed by atoms with E-state index in [0.29, 0.717) is 6.61 Å². The van der Waals surface area contributed by atoms with Crippen molar-refractivity contribution in [3.63, 3.8) is 0 Å². The number of carbonyl (C=O) groups is 1. The number of aliphatic carboxylic acids is 1. The number of ether oxygens (including phenoxy) is 1. The van der Waals surface area contributed by atoms with Crippen LogP contribution < -0.4 is 4.74 Å². The van der Waals surface area contributed by atoms with Crippen molar-refractivity contribution in [2.45, 2.75) is 6.61 Å². The smallest absolute Gasteiger partial charge is 0.328 e. The Labute approximate surface area is 109 Å². The Morgan fingerprint density at radius 3 is 2.78 bits per heavy atom. The van der Waals surface area contributed by atoms with Gasteiger partial charge in [-0.3, -0.25) is 0 Å². The van der Waals surface area contributed by atoms with E-state index >= 15 is 0 Å². The second-order valence-corrected chi connectivity index (χ2v) is 4.57. The van der Waals surface area contributed by atoms with Crippen LogP contribution >= 0.6 is 11.3 Å². The second-order valence-electron chi connectivity index (χ2n) is 3.57.